The highest BCUT2D eigenvalue weighted by molar-refractivity contribution is 7.89. The quantitative estimate of drug-likeness (QED) is 0.644. The lowest BCUT2D eigenvalue weighted by Crippen LogP contribution is -2.45. The number of amides is 1. The first-order valence-electron chi connectivity index (χ1n) is 11.3. The Morgan fingerprint density at radius 3 is 2.55 bits per heavy atom. The highest BCUT2D eigenvalue weighted by Crippen LogP contribution is 2.25. The third-order valence-electron chi connectivity index (χ3n) is 6.17. The number of ether oxygens (including phenoxy) is 1. The lowest BCUT2D eigenvalue weighted by atomic mass is 9.98. The fourth-order valence-electron chi connectivity index (χ4n) is 4.32. The SMILES string of the molecule is O=C(NCc1cccc(CN2CCOCC2)c1)[C@@H]1CCCN(S(=O)(=O)c2ccc(Cl)cc2)C1. The van der Waals surface area contributed by atoms with Gasteiger partial charge in [-0.25, -0.2) is 8.42 Å². The van der Waals surface area contributed by atoms with Gasteiger partial charge in [0.25, 0.3) is 0 Å². The molecule has 4 rings (SSSR count). The van der Waals surface area contributed by atoms with E-state index in [2.05, 4.69) is 22.3 Å². The van der Waals surface area contributed by atoms with Crippen LogP contribution in [0.25, 0.3) is 0 Å². The first-order chi connectivity index (χ1) is 15.9. The molecule has 0 aliphatic carbocycles. The number of hydrogen-bond donors (Lipinski definition) is 1. The number of nitrogens with zero attached hydrogens (tertiary/aromatic N) is 2. The molecule has 2 saturated heterocycles. The summed E-state index contributed by atoms with van der Waals surface area (Å²) in [5.41, 5.74) is 2.25. The first kappa shape index (κ1) is 24.2. The van der Waals surface area contributed by atoms with Crippen LogP contribution in [0.3, 0.4) is 0 Å². The van der Waals surface area contributed by atoms with Crippen LogP contribution >= 0.6 is 11.6 Å². The van der Waals surface area contributed by atoms with Crippen molar-refractivity contribution in [3.63, 3.8) is 0 Å². The first-order valence-corrected chi connectivity index (χ1v) is 13.1. The third kappa shape index (κ3) is 6.33. The Labute approximate surface area is 200 Å². The normalized spacial score (nSPS) is 20.5. The number of morpholine rings is 1. The molecule has 0 saturated carbocycles. The van der Waals surface area contributed by atoms with Crippen molar-refractivity contribution in [2.45, 2.75) is 30.8 Å². The molecule has 1 N–H and O–H groups in total. The molecule has 2 aromatic rings. The van der Waals surface area contributed by atoms with Crippen molar-refractivity contribution < 1.29 is 17.9 Å². The van der Waals surface area contributed by atoms with Crippen molar-refractivity contribution in [3.05, 3.63) is 64.7 Å². The van der Waals surface area contributed by atoms with Gasteiger partial charge >= 0.3 is 0 Å². The second kappa shape index (κ2) is 11.0. The molecule has 2 heterocycles. The zero-order chi connectivity index (χ0) is 23.3. The van der Waals surface area contributed by atoms with E-state index in [4.69, 9.17) is 16.3 Å². The van der Waals surface area contributed by atoms with Gasteiger partial charge in [-0.2, -0.15) is 4.31 Å². The highest BCUT2D eigenvalue weighted by atomic mass is 35.5. The molecular weight excluding hydrogens is 462 g/mol. The summed E-state index contributed by atoms with van der Waals surface area (Å²) in [4.78, 5) is 15.4. The lowest BCUT2D eigenvalue weighted by Gasteiger charge is -2.31. The monoisotopic (exact) mass is 491 g/mol. The topological polar surface area (TPSA) is 79.0 Å². The Bertz CT molecular complexity index is 1060. The number of carbonyl (C=O) groups excluding carboxylic acids is 1. The maximum absolute atomic E-state index is 13.0. The molecule has 0 radical (unpaired) electrons. The number of benzene rings is 2. The summed E-state index contributed by atoms with van der Waals surface area (Å²) in [5.74, 6) is -0.470. The number of halogens is 1. The lowest BCUT2D eigenvalue weighted by molar-refractivity contribution is -0.126. The van der Waals surface area contributed by atoms with Gasteiger partial charge in [-0.15, -0.1) is 0 Å². The van der Waals surface area contributed by atoms with Gasteiger partial charge in [-0.3, -0.25) is 9.69 Å². The zero-order valence-electron chi connectivity index (χ0n) is 18.6. The smallest absolute Gasteiger partial charge is 0.243 e. The third-order valence-corrected chi connectivity index (χ3v) is 8.31. The molecular formula is C24H30ClN3O4S. The van der Waals surface area contributed by atoms with Crippen molar-refractivity contribution in [3.8, 4) is 0 Å². The number of nitrogens with one attached hydrogen (secondary N) is 1. The molecule has 1 amide bonds. The van der Waals surface area contributed by atoms with E-state index in [1.54, 1.807) is 12.1 Å². The Hall–Kier alpha value is -1.97. The Morgan fingerprint density at radius 2 is 1.79 bits per heavy atom. The van der Waals surface area contributed by atoms with Gasteiger partial charge in [-0.05, 0) is 48.2 Å². The van der Waals surface area contributed by atoms with Crippen molar-refractivity contribution in [1.82, 2.24) is 14.5 Å². The van der Waals surface area contributed by atoms with Crippen LogP contribution in [-0.2, 0) is 32.6 Å². The van der Waals surface area contributed by atoms with Crippen LogP contribution in [0.4, 0.5) is 0 Å². The molecule has 9 heteroatoms. The highest BCUT2D eigenvalue weighted by Gasteiger charge is 2.33. The molecule has 0 bridgehead atoms. The summed E-state index contributed by atoms with van der Waals surface area (Å²) in [5, 5.41) is 3.49. The summed E-state index contributed by atoms with van der Waals surface area (Å²) in [7, 11) is -3.65. The summed E-state index contributed by atoms with van der Waals surface area (Å²) in [6, 6.07) is 14.4. The minimum atomic E-state index is -3.65. The van der Waals surface area contributed by atoms with Crippen molar-refractivity contribution >= 4 is 27.5 Å². The summed E-state index contributed by atoms with van der Waals surface area (Å²) in [6.45, 7) is 5.29. The molecule has 0 aromatic heterocycles. The van der Waals surface area contributed by atoms with Crippen molar-refractivity contribution in [2.24, 2.45) is 5.92 Å². The minimum absolute atomic E-state index is 0.107. The molecule has 0 unspecified atom stereocenters. The Kier molecular flexibility index (Phi) is 8.03. The number of hydrogen-bond acceptors (Lipinski definition) is 5. The minimum Gasteiger partial charge on any atom is -0.379 e. The second-order valence-corrected chi connectivity index (χ2v) is 11.0. The van der Waals surface area contributed by atoms with Crippen LogP contribution in [-0.4, -0.2) is 62.9 Å². The molecule has 2 aromatic carbocycles. The number of carbonyl (C=O) groups is 1. The number of rotatable bonds is 7. The Morgan fingerprint density at radius 1 is 1.06 bits per heavy atom. The van der Waals surface area contributed by atoms with Gasteiger partial charge in [0.2, 0.25) is 15.9 Å². The molecule has 2 aliphatic rings. The van der Waals surface area contributed by atoms with E-state index in [-0.39, 0.29) is 23.3 Å². The van der Waals surface area contributed by atoms with Gasteiger partial charge < -0.3 is 10.1 Å². The van der Waals surface area contributed by atoms with E-state index in [1.807, 2.05) is 12.1 Å². The van der Waals surface area contributed by atoms with Crippen LogP contribution in [0.15, 0.2) is 53.4 Å². The predicted molar refractivity (Wildman–Crippen MR) is 127 cm³/mol. The van der Waals surface area contributed by atoms with E-state index < -0.39 is 10.0 Å². The maximum Gasteiger partial charge on any atom is 0.243 e. The second-order valence-electron chi connectivity index (χ2n) is 8.58. The predicted octanol–water partition coefficient (Wildman–Crippen LogP) is 2.89. The zero-order valence-corrected chi connectivity index (χ0v) is 20.2. The largest absolute Gasteiger partial charge is 0.379 e. The van der Waals surface area contributed by atoms with Crippen molar-refractivity contribution in [2.75, 3.05) is 39.4 Å². The average molecular weight is 492 g/mol. The summed E-state index contributed by atoms with van der Waals surface area (Å²) in [6.07, 6.45) is 1.33. The van der Waals surface area contributed by atoms with Crippen LogP contribution in [0.1, 0.15) is 24.0 Å². The maximum atomic E-state index is 13.0. The van der Waals surface area contributed by atoms with Crippen molar-refractivity contribution in [1.29, 1.82) is 0 Å². The average Bonchev–Trinajstić information content (AvgIpc) is 2.84. The fraction of sp³-hybridized carbons (Fsp3) is 0.458. The summed E-state index contributed by atoms with van der Waals surface area (Å²) >= 11 is 5.89. The molecule has 2 fully saturated rings. The van der Waals surface area contributed by atoms with Gasteiger partial charge in [-0.1, -0.05) is 35.9 Å². The molecule has 33 heavy (non-hydrogen) atoms. The molecule has 7 nitrogen and oxygen atoms in total. The number of piperidine rings is 1. The van der Waals surface area contributed by atoms with Gasteiger partial charge in [0.05, 0.1) is 24.0 Å². The van der Waals surface area contributed by atoms with E-state index in [0.29, 0.717) is 31.0 Å². The van der Waals surface area contributed by atoms with Gasteiger partial charge in [0.1, 0.15) is 0 Å². The molecule has 1 atom stereocenters. The number of sulfonamides is 1. The van der Waals surface area contributed by atoms with Crippen LogP contribution in [0.2, 0.25) is 5.02 Å². The fourth-order valence-corrected chi connectivity index (χ4v) is 5.97. The van der Waals surface area contributed by atoms with Crippen LogP contribution in [0.5, 0.6) is 0 Å². The van der Waals surface area contributed by atoms with E-state index in [9.17, 15) is 13.2 Å². The standard InChI is InChI=1S/C24H30ClN3O4S/c25-22-6-8-23(9-7-22)33(30,31)28-10-2-5-21(18-28)24(29)26-16-19-3-1-4-20(15-19)17-27-11-13-32-14-12-27/h1,3-4,6-9,15,21H,2,5,10-14,16-18H2,(H,26,29)/t21-/m1/s1. The van der Waals surface area contributed by atoms with Gasteiger partial charge in [0.15, 0.2) is 0 Å². The molecule has 178 valence electrons. The van der Waals surface area contributed by atoms with Gasteiger partial charge in [0, 0.05) is 44.3 Å². The molecule has 2 aliphatic heterocycles. The van der Waals surface area contributed by atoms with Crippen LogP contribution < -0.4 is 5.32 Å². The van der Waals surface area contributed by atoms with E-state index >= 15 is 0 Å². The van der Waals surface area contributed by atoms with E-state index in [1.165, 1.54) is 22.0 Å². The van der Waals surface area contributed by atoms with Crippen LogP contribution in [0, 0.1) is 5.92 Å². The molecule has 0 spiro atoms. The summed E-state index contributed by atoms with van der Waals surface area (Å²) < 4.78 is 32.8. The Balaban J connectivity index is 1.33. The van der Waals surface area contributed by atoms with E-state index in [0.717, 1.165) is 38.4 Å².